The first-order valence-corrected chi connectivity index (χ1v) is 6.47. The maximum Gasteiger partial charge on any atom is 0.188 e. The summed E-state index contributed by atoms with van der Waals surface area (Å²) in [5.41, 5.74) is 5.64. The van der Waals surface area contributed by atoms with Gasteiger partial charge in [0.15, 0.2) is 5.96 Å². The molecule has 0 saturated carbocycles. The number of guanidine groups is 1. The van der Waals surface area contributed by atoms with E-state index in [1.54, 1.807) is 12.3 Å². The highest BCUT2D eigenvalue weighted by atomic mass is 35.5. The molecule has 0 bridgehead atoms. The van der Waals surface area contributed by atoms with Gasteiger partial charge < -0.3 is 16.4 Å². The molecule has 0 atom stereocenters. The molecule has 7 heteroatoms. The fourth-order valence-corrected chi connectivity index (χ4v) is 1.65. The minimum atomic E-state index is 0.453. The molecule has 100 valence electrons. The smallest absolute Gasteiger partial charge is 0.188 e. The molecule has 0 aliphatic carbocycles. The Morgan fingerprint density at radius 2 is 2.22 bits per heavy atom. The topological polar surface area (TPSA) is 75.3 Å². The number of aliphatic imine (C=N–C) groups is 1. The predicted molar refractivity (Wildman–Crippen MR) is 77.5 cm³/mol. The zero-order chi connectivity index (χ0) is 13.4. The predicted octanol–water partition coefficient (Wildman–Crippen LogP) is 2.11. The Kier molecular flexibility index (Phi) is 6.60. The van der Waals surface area contributed by atoms with Crippen molar-refractivity contribution in [2.45, 2.75) is 13.3 Å². The van der Waals surface area contributed by atoms with Gasteiger partial charge in [0.1, 0.15) is 5.82 Å². The zero-order valence-corrected chi connectivity index (χ0v) is 11.7. The largest absolute Gasteiger partial charge is 0.370 e. The van der Waals surface area contributed by atoms with Crippen molar-refractivity contribution < 1.29 is 0 Å². The Morgan fingerprint density at radius 1 is 1.44 bits per heavy atom. The van der Waals surface area contributed by atoms with E-state index in [1.165, 1.54) is 0 Å². The van der Waals surface area contributed by atoms with Gasteiger partial charge in [-0.15, -0.1) is 0 Å². The summed E-state index contributed by atoms with van der Waals surface area (Å²) < 4.78 is 0. The normalized spacial score (nSPS) is 11.4. The monoisotopic (exact) mass is 289 g/mol. The van der Waals surface area contributed by atoms with Gasteiger partial charge in [-0.3, -0.25) is 4.99 Å². The van der Waals surface area contributed by atoms with Crippen molar-refractivity contribution in [3.8, 4) is 0 Å². The summed E-state index contributed by atoms with van der Waals surface area (Å²) in [6.45, 7) is 4.06. The third-order valence-electron chi connectivity index (χ3n) is 2.04. The van der Waals surface area contributed by atoms with Crippen LogP contribution in [0, 0.1) is 0 Å². The van der Waals surface area contributed by atoms with Crippen molar-refractivity contribution >= 4 is 35.0 Å². The minimum absolute atomic E-state index is 0.453. The van der Waals surface area contributed by atoms with Crippen LogP contribution in [-0.4, -0.2) is 30.6 Å². The second-order valence-electron chi connectivity index (χ2n) is 3.60. The van der Waals surface area contributed by atoms with E-state index >= 15 is 0 Å². The third kappa shape index (κ3) is 5.42. The summed E-state index contributed by atoms with van der Waals surface area (Å²) in [6, 6.07) is 1.64. The first kappa shape index (κ1) is 14.9. The lowest BCUT2D eigenvalue weighted by molar-refractivity contribution is 0.863. The SMILES string of the molecule is CCCN=C(N)NCCNc1ncc(Cl)cc1Cl. The molecule has 5 nitrogen and oxygen atoms in total. The van der Waals surface area contributed by atoms with Crippen LogP contribution in [0.4, 0.5) is 5.82 Å². The van der Waals surface area contributed by atoms with Crippen molar-refractivity contribution in [2.75, 3.05) is 25.0 Å². The van der Waals surface area contributed by atoms with Gasteiger partial charge in [0, 0.05) is 25.8 Å². The van der Waals surface area contributed by atoms with Gasteiger partial charge in [-0.1, -0.05) is 30.1 Å². The fourth-order valence-electron chi connectivity index (χ4n) is 1.20. The molecule has 0 saturated heterocycles. The Morgan fingerprint density at radius 3 is 2.89 bits per heavy atom. The van der Waals surface area contributed by atoms with E-state index in [9.17, 15) is 0 Å². The number of hydrogen-bond acceptors (Lipinski definition) is 3. The summed E-state index contributed by atoms with van der Waals surface area (Å²) in [6.07, 6.45) is 2.52. The number of aromatic nitrogens is 1. The van der Waals surface area contributed by atoms with E-state index in [0.717, 1.165) is 13.0 Å². The first-order valence-electron chi connectivity index (χ1n) is 5.72. The molecule has 0 amide bonds. The standard InChI is InChI=1S/C11H17Cl2N5/c1-2-3-16-11(14)17-5-4-15-10-9(13)6-8(12)7-18-10/h6-7H,2-5H2,1H3,(H,15,18)(H3,14,16,17). The number of pyridine rings is 1. The summed E-state index contributed by atoms with van der Waals surface area (Å²) >= 11 is 11.7. The van der Waals surface area contributed by atoms with Crippen molar-refractivity contribution in [1.29, 1.82) is 0 Å². The number of hydrogen-bond donors (Lipinski definition) is 3. The van der Waals surface area contributed by atoms with E-state index < -0.39 is 0 Å². The van der Waals surface area contributed by atoms with E-state index in [4.69, 9.17) is 28.9 Å². The second-order valence-corrected chi connectivity index (χ2v) is 4.45. The van der Waals surface area contributed by atoms with Crippen LogP contribution in [-0.2, 0) is 0 Å². The van der Waals surface area contributed by atoms with E-state index in [2.05, 4.69) is 20.6 Å². The number of nitrogens with two attached hydrogens (primary N) is 1. The van der Waals surface area contributed by atoms with Crippen molar-refractivity contribution in [2.24, 2.45) is 10.7 Å². The fraction of sp³-hybridized carbons (Fsp3) is 0.455. The Labute approximate surface area is 117 Å². The van der Waals surface area contributed by atoms with Crippen LogP contribution in [0.25, 0.3) is 0 Å². The third-order valence-corrected chi connectivity index (χ3v) is 2.53. The lowest BCUT2D eigenvalue weighted by atomic mass is 10.4. The van der Waals surface area contributed by atoms with Gasteiger partial charge in [-0.2, -0.15) is 0 Å². The average molecular weight is 290 g/mol. The molecule has 1 heterocycles. The Hall–Kier alpha value is -1.20. The molecule has 0 aromatic carbocycles. The zero-order valence-electron chi connectivity index (χ0n) is 10.2. The molecule has 1 rings (SSSR count). The molecular weight excluding hydrogens is 273 g/mol. The highest BCUT2D eigenvalue weighted by Crippen LogP contribution is 2.21. The maximum atomic E-state index is 5.96. The second kappa shape index (κ2) is 8.00. The lowest BCUT2D eigenvalue weighted by Gasteiger charge is -2.09. The number of nitrogens with one attached hydrogen (secondary N) is 2. The van der Waals surface area contributed by atoms with Crippen LogP contribution in [0.1, 0.15) is 13.3 Å². The van der Waals surface area contributed by atoms with Gasteiger partial charge in [-0.05, 0) is 12.5 Å². The van der Waals surface area contributed by atoms with Crippen LogP contribution in [0.5, 0.6) is 0 Å². The van der Waals surface area contributed by atoms with Gasteiger partial charge in [0.25, 0.3) is 0 Å². The number of halogens is 2. The molecule has 0 unspecified atom stereocenters. The Balaban J connectivity index is 2.29. The molecule has 0 aliphatic heterocycles. The Bertz CT molecular complexity index is 408. The summed E-state index contributed by atoms with van der Waals surface area (Å²) in [5.74, 6) is 1.06. The summed E-state index contributed by atoms with van der Waals surface area (Å²) in [4.78, 5) is 8.19. The van der Waals surface area contributed by atoms with Gasteiger partial charge in [0.2, 0.25) is 0 Å². The molecule has 1 aromatic heterocycles. The molecule has 0 aliphatic rings. The van der Waals surface area contributed by atoms with Crippen molar-refractivity contribution in [3.63, 3.8) is 0 Å². The summed E-state index contributed by atoms with van der Waals surface area (Å²) in [5, 5.41) is 7.07. The highest BCUT2D eigenvalue weighted by molar-refractivity contribution is 6.35. The van der Waals surface area contributed by atoms with Gasteiger partial charge >= 0.3 is 0 Å². The minimum Gasteiger partial charge on any atom is -0.370 e. The molecule has 4 N–H and O–H groups in total. The molecular formula is C11H17Cl2N5. The van der Waals surface area contributed by atoms with Crippen LogP contribution in [0.2, 0.25) is 10.0 Å². The average Bonchev–Trinajstić information content (AvgIpc) is 2.34. The van der Waals surface area contributed by atoms with Crippen molar-refractivity contribution in [3.05, 3.63) is 22.3 Å². The number of anilines is 1. The lowest BCUT2D eigenvalue weighted by Crippen LogP contribution is -2.35. The maximum absolute atomic E-state index is 5.96. The molecule has 0 radical (unpaired) electrons. The number of nitrogens with zero attached hydrogens (tertiary/aromatic N) is 2. The van der Waals surface area contributed by atoms with Gasteiger partial charge in [-0.25, -0.2) is 4.98 Å². The quantitative estimate of drug-likeness (QED) is 0.426. The number of rotatable bonds is 6. The first-order chi connectivity index (χ1) is 8.63. The molecule has 0 fully saturated rings. The molecule has 18 heavy (non-hydrogen) atoms. The van der Waals surface area contributed by atoms with Gasteiger partial charge in [0.05, 0.1) is 10.0 Å². The van der Waals surface area contributed by atoms with Crippen LogP contribution in [0.3, 0.4) is 0 Å². The summed E-state index contributed by atoms with van der Waals surface area (Å²) in [7, 11) is 0. The van der Waals surface area contributed by atoms with E-state index in [-0.39, 0.29) is 0 Å². The van der Waals surface area contributed by atoms with E-state index in [1.807, 2.05) is 6.92 Å². The van der Waals surface area contributed by atoms with Crippen molar-refractivity contribution in [1.82, 2.24) is 10.3 Å². The van der Waals surface area contributed by atoms with Crippen LogP contribution in [0.15, 0.2) is 17.3 Å². The molecule has 0 spiro atoms. The van der Waals surface area contributed by atoms with E-state index in [0.29, 0.717) is 34.9 Å². The van der Waals surface area contributed by atoms with Crippen LogP contribution < -0.4 is 16.4 Å². The van der Waals surface area contributed by atoms with Crippen LogP contribution >= 0.6 is 23.2 Å². The molecule has 1 aromatic rings. The highest BCUT2D eigenvalue weighted by Gasteiger charge is 2.01.